The van der Waals surface area contributed by atoms with Crippen LogP contribution in [0.4, 0.5) is 0 Å². The molecule has 0 spiro atoms. The van der Waals surface area contributed by atoms with E-state index in [0.717, 1.165) is 5.02 Å². The molecule has 0 unspecified atom stereocenters. The first-order valence-corrected chi connectivity index (χ1v) is 6.33. The lowest BCUT2D eigenvalue weighted by Crippen LogP contribution is -2.40. The number of hydrogen-bond donors (Lipinski definition) is 0. The molecule has 0 N–H and O–H groups in total. The van der Waals surface area contributed by atoms with Crippen molar-refractivity contribution in [1.29, 1.82) is 0 Å². The monoisotopic (exact) mass is 238 g/mol. The van der Waals surface area contributed by atoms with Crippen molar-refractivity contribution in [2.45, 2.75) is 47.0 Å². The summed E-state index contributed by atoms with van der Waals surface area (Å²) in [6.07, 6.45) is 0. The van der Waals surface area contributed by atoms with E-state index in [4.69, 9.17) is 11.6 Å². The smallest absolute Gasteiger partial charge is 0.0406 e. The lowest BCUT2D eigenvalue weighted by molar-refractivity contribution is 0.126. The van der Waals surface area contributed by atoms with E-state index in [2.05, 4.69) is 53.7 Å². The lowest BCUT2D eigenvalue weighted by atomic mass is 9.59. The van der Waals surface area contributed by atoms with E-state index < -0.39 is 0 Å². The lowest BCUT2D eigenvalue weighted by Gasteiger charge is -2.45. The molecule has 0 fully saturated rings. The van der Waals surface area contributed by atoms with Gasteiger partial charge in [-0.3, -0.25) is 0 Å². The van der Waals surface area contributed by atoms with Crippen molar-refractivity contribution in [3.8, 4) is 0 Å². The van der Waals surface area contributed by atoms with Gasteiger partial charge in [-0.25, -0.2) is 0 Å². The second-order valence-corrected chi connectivity index (χ2v) is 6.44. The average molecular weight is 239 g/mol. The SMILES string of the molecule is CC(C)C(C)(C)C(C)(C)c1ccc(Cl)cc1. The largest absolute Gasteiger partial charge is 0.0843 e. The van der Waals surface area contributed by atoms with Gasteiger partial charge in [0, 0.05) is 5.02 Å². The van der Waals surface area contributed by atoms with Gasteiger partial charge in [0.25, 0.3) is 0 Å². The third kappa shape index (κ3) is 2.27. The van der Waals surface area contributed by atoms with Gasteiger partial charge in [-0.1, -0.05) is 65.3 Å². The Labute approximate surface area is 105 Å². The fourth-order valence-corrected chi connectivity index (χ4v) is 2.09. The van der Waals surface area contributed by atoms with E-state index in [0.29, 0.717) is 5.92 Å². The van der Waals surface area contributed by atoms with Gasteiger partial charge in [-0.05, 0) is 34.4 Å². The van der Waals surface area contributed by atoms with Crippen molar-refractivity contribution in [3.63, 3.8) is 0 Å². The first kappa shape index (κ1) is 13.6. The Hall–Kier alpha value is -0.490. The molecule has 16 heavy (non-hydrogen) atoms. The summed E-state index contributed by atoms with van der Waals surface area (Å²) in [5.74, 6) is 0.637. The van der Waals surface area contributed by atoms with E-state index >= 15 is 0 Å². The Kier molecular flexibility index (Phi) is 3.74. The van der Waals surface area contributed by atoms with E-state index in [1.807, 2.05) is 12.1 Å². The quantitative estimate of drug-likeness (QED) is 0.670. The van der Waals surface area contributed by atoms with Gasteiger partial charge in [0.1, 0.15) is 0 Å². The molecule has 90 valence electrons. The molecule has 0 aliphatic carbocycles. The molecule has 1 aromatic rings. The van der Waals surface area contributed by atoms with Crippen molar-refractivity contribution in [1.82, 2.24) is 0 Å². The van der Waals surface area contributed by atoms with E-state index in [-0.39, 0.29) is 10.8 Å². The summed E-state index contributed by atoms with van der Waals surface area (Å²) in [5, 5.41) is 0.807. The van der Waals surface area contributed by atoms with Crippen LogP contribution in [0.2, 0.25) is 5.02 Å². The van der Waals surface area contributed by atoms with Crippen LogP contribution in [-0.2, 0) is 5.41 Å². The summed E-state index contributed by atoms with van der Waals surface area (Å²) >= 11 is 5.94. The molecule has 0 bridgehead atoms. The molecule has 0 nitrogen and oxygen atoms in total. The number of hydrogen-bond acceptors (Lipinski definition) is 0. The zero-order valence-corrected chi connectivity index (χ0v) is 12.0. The molecule has 1 heteroatoms. The fourth-order valence-electron chi connectivity index (χ4n) is 1.96. The zero-order chi connectivity index (χ0) is 12.6. The van der Waals surface area contributed by atoms with Crippen molar-refractivity contribution in [2.75, 3.05) is 0 Å². The van der Waals surface area contributed by atoms with E-state index in [1.165, 1.54) is 5.56 Å². The maximum atomic E-state index is 5.94. The summed E-state index contributed by atoms with van der Waals surface area (Å²) in [5.41, 5.74) is 1.75. The maximum Gasteiger partial charge on any atom is 0.0406 e. The summed E-state index contributed by atoms with van der Waals surface area (Å²) in [6, 6.07) is 8.25. The molecule has 0 aromatic heterocycles. The Morgan fingerprint density at radius 2 is 1.38 bits per heavy atom. The maximum absolute atomic E-state index is 5.94. The molecule has 0 atom stereocenters. The minimum atomic E-state index is 0.145. The zero-order valence-electron chi connectivity index (χ0n) is 11.3. The van der Waals surface area contributed by atoms with Gasteiger partial charge in [-0.15, -0.1) is 0 Å². The molecule has 0 aliphatic rings. The molecule has 1 aromatic carbocycles. The normalized spacial score (nSPS) is 13.2. The Balaban J connectivity index is 3.15. The molecule has 0 radical (unpaired) electrons. The van der Waals surface area contributed by atoms with Crippen LogP contribution in [0.25, 0.3) is 0 Å². The van der Waals surface area contributed by atoms with Crippen LogP contribution in [0.1, 0.15) is 47.1 Å². The minimum Gasteiger partial charge on any atom is -0.0843 e. The second kappa shape index (κ2) is 4.41. The topological polar surface area (TPSA) is 0 Å². The molecule has 0 heterocycles. The van der Waals surface area contributed by atoms with Crippen LogP contribution in [0.5, 0.6) is 0 Å². The molecular formula is C15H23Cl. The molecule has 0 amide bonds. The van der Waals surface area contributed by atoms with Crippen LogP contribution in [-0.4, -0.2) is 0 Å². The van der Waals surface area contributed by atoms with Gasteiger partial charge in [-0.2, -0.15) is 0 Å². The first-order chi connectivity index (χ1) is 7.19. The highest BCUT2D eigenvalue weighted by molar-refractivity contribution is 6.30. The van der Waals surface area contributed by atoms with Gasteiger partial charge in [0.05, 0.1) is 0 Å². The van der Waals surface area contributed by atoms with Crippen LogP contribution in [0.15, 0.2) is 24.3 Å². The van der Waals surface area contributed by atoms with Crippen molar-refractivity contribution >= 4 is 11.6 Å². The third-order valence-corrected chi connectivity index (χ3v) is 4.87. The van der Waals surface area contributed by atoms with Crippen molar-refractivity contribution in [2.24, 2.45) is 11.3 Å². The average Bonchev–Trinajstić information content (AvgIpc) is 2.17. The molecule has 1 rings (SSSR count). The van der Waals surface area contributed by atoms with E-state index in [9.17, 15) is 0 Å². The third-order valence-electron chi connectivity index (χ3n) is 4.62. The Morgan fingerprint density at radius 3 is 1.75 bits per heavy atom. The molecule has 0 aliphatic heterocycles. The highest BCUT2D eigenvalue weighted by Crippen LogP contribution is 2.46. The standard InChI is InChI=1S/C15H23Cl/c1-11(2)14(3,4)15(5,6)12-7-9-13(16)10-8-12/h7-11H,1-6H3. The predicted molar refractivity (Wildman–Crippen MR) is 73.1 cm³/mol. The van der Waals surface area contributed by atoms with Crippen LogP contribution in [0, 0.1) is 11.3 Å². The fraction of sp³-hybridized carbons (Fsp3) is 0.600. The molecule has 0 saturated heterocycles. The second-order valence-electron chi connectivity index (χ2n) is 6.01. The van der Waals surface area contributed by atoms with Gasteiger partial charge in [0.15, 0.2) is 0 Å². The Morgan fingerprint density at radius 1 is 0.938 bits per heavy atom. The summed E-state index contributed by atoms with van der Waals surface area (Å²) in [7, 11) is 0. The number of rotatable bonds is 3. The Bertz CT molecular complexity index is 344. The summed E-state index contributed by atoms with van der Waals surface area (Å²) in [4.78, 5) is 0. The van der Waals surface area contributed by atoms with Crippen LogP contribution >= 0.6 is 11.6 Å². The minimum absolute atomic E-state index is 0.145. The van der Waals surface area contributed by atoms with Crippen LogP contribution in [0.3, 0.4) is 0 Å². The van der Waals surface area contributed by atoms with Crippen molar-refractivity contribution in [3.05, 3.63) is 34.9 Å². The molecular weight excluding hydrogens is 216 g/mol. The van der Waals surface area contributed by atoms with Gasteiger partial charge >= 0.3 is 0 Å². The summed E-state index contributed by atoms with van der Waals surface area (Å²) < 4.78 is 0. The highest BCUT2D eigenvalue weighted by atomic mass is 35.5. The number of benzene rings is 1. The summed E-state index contributed by atoms with van der Waals surface area (Å²) in [6.45, 7) is 13.9. The number of halogens is 1. The molecule has 0 saturated carbocycles. The van der Waals surface area contributed by atoms with Crippen molar-refractivity contribution < 1.29 is 0 Å². The van der Waals surface area contributed by atoms with Crippen LogP contribution < -0.4 is 0 Å². The predicted octanol–water partition coefficient (Wildman–Crippen LogP) is 5.30. The highest BCUT2D eigenvalue weighted by Gasteiger charge is 2.40. The van der Waals surface area contributed by atoms with Gasteiger partial charge < -0.3 is 0 Å². The first-order valence-electron chi connectivity index (χ1n) is 5.95. The van der Waals surface area contributed by atoms with E-state index in [1.54, 1.807) is 0 Å². The van der Waals surface area contributed by atoms with Gasteiger partial charge in [0.2, 0.25) is 0 Å².